The van der Waals surface area contributed by atoms with Crippen LogP contribution in [0.3, 0.4) is 0 Å². The first kappa shape index (κ1) is 15.8. The lowest BCUT2D eigenvalue weighted by Crippen LogP contribution is -2.45. The fourth-order valence-corrected chi connectivity index (χ4v) is 3.80. The maximum absolute atomic E-state index is 12.5. The molecule has 0 bridgehead atoms. The van der Waals surface area contributed by atoms with E-state index in [0.29, 0.717) is 24.4 Å². The van der Waals surface area contributed by atoms with E-state index in [1.807, 2.05) is 0 Å². The predicted octanol–water partition coefficient (Wildman–Crippen LogP) is 1.84. The van der Waals surface area contributed by atoms with E-state index in [4.69, 9.17) is 5.73 Å². The number of hydrogen-bond acceptors (Lipinski definition) is 3. The van der Waals surface area contributed by atoms with Gasteiger partial charge in [0.15, 0.2) is 0 Å². The minimum Gasteiger partial charge on any atom is -0.342 e. The molecule has 2 unspecified atom stereocenters. The molecule has 1 aliphatic carbocycles. The van der Waals surface area contributed by atoms with Gasteiger partial charge in [0, 0.05) is 19.1 Å². The van der Waals surface area contributed by atoms with Gasteiger partial charge in [-0.1, -0.05) is 25.7 Å². The Bertz CT molecular complexity index is 300. The number of amides is 1. The monoisotopic (exact) mass is 281 g/mol. The molecule has 0 spiro atoms. The highest BCUT2D eigenvalue weighted by Gasteiger charge is 2.30. The Kier molecular flexibility index (Phi) is 6.30. The van der Waals surface area contributed by atoms with Crippen molar-refractivity contribution in [3.63, 3.8) is 0 Å². The van der Waals surface area contributed by atoms with E-state index >= 15 is 0 Å². The summed E-state index contributed by atoms with van der Waals surface area (Å²) < 4.78 is 0. The van der Waals surface area contributed by atoms with E-state index in [-0.39, 0.29) is 0 Å². The number of hydrogen-bond donors (Lipinski definition) is 1. The number of carbonyl (C=O) groups is 1. The van der Waals surface area contributed by atoms with Crippen LogP contribution in [0.4, 0.5) is 0 Å². The van der Waals surface area contributed by atoms with Crippen molar-refractivity contribution in [2.75, 3.05) is 33.2 Å². The zero-order chi connectivity index (χ0) is 14.4. The highest BCUT2D eigenvalue weighted by molar-refractivity contribution is 5.78. The molecular formula is C16H31N3O. The molecule has 20 heavy (non-hydrogen) atoms. The molecule has 1 saturated carbocycles. The van der Waals surface area contributed by atoms with Crippen molar-refractivity contribution in [1.82, 2.24) is 9.80 Å². The van der Waals surface area contributed by atoms with Gasteiger partial charge < -0.3 is 10.6 Å². The van der Waals surface area contributed by atoms with Crippen LogP contribution in [0.2, 0.25) is 0 Å². The Balaban J connectivity index is 1.82. The third-order valence-electron chi connectivity index (χ3n) is 5.08. The Morgan fingerprint density at radius 1 is 1.10 bits per heavy atom. The molecule has 1 amide bonds. The Morgan fingerprint density at radius 2 is 1.75 bits per heavy atom. The SMILES string of the molecule is CN(CC(=O)N1CCCCCCC1)C1CCCC1CN. The van der Waals surface area contributed by atoms with Crippen molar-refractivity contribution in [3.05, 3.63) is 0 Å². The molecule has 2 aliphatic rings. The molecule has 0 aromatic heterocycles. The average Bonchev–Trinajstić information content (AvgIpc) is 2.86. The summed E-state index contributed by atoms with van der Waals surface area (Å²) in [5.74, 6) is 0.900. The molecule has 4 nitrogen and oxygen atoms in total. The third kappa shape index (κ3) is 4.19. The smallest absolute Gasteiger partial charge is 0.236 e. The topological polar surface area (TPSA) is 49.6 Å². The minimum absolute atomic E-state index is 0.317. The third-order valence-corrected chi connectivity index (χ3v) is 5.08. The van der Waals surface area contributed by atoms with Crippen LogP contribution in [0.25, 0.3) is 0 Å². The van der Waals surface area contributed by atoms with Gasteiger partial charge in [-0.2, -0.15) is 0 Å². The van der Waals surface area contributed by atoms with Crippen LogP contribution in [-0.4, -0.2) is 55.0 Å². The molecule has 2 atom stereocenters. The first-order valence-corrected chi connectivity index (χ1v) is 8.40. The molecular weight excluding hydrogens is 250 g/mol. The summed E-state index contributed by atoms with van der Waals surface area (Å²) in [4.78, 5) is 16.8. The fourth-order valence-electron chi connectivity index (χ4n) is 3.80. The van der Waals surface area contributed by atoms with Crippen molar-refractivity contribution in [2.24, 2.45) is 11.7 Å². The van der Waals surface area contributed by atoms with Gasteiger partial charge in [0.2, 0.25) is 5.91 Å². The second kappa shape index (κ2) is 7.99. The Morgan fingerprint density at radius 3 is 2.40 bits per heavy atom. The minimum atomic E-state index is 0.317. The quantitative estimate of drug-likeness (QED) is 0.855. The van der Waals surface area contributed by atoms with E-state index in [2.05, 4.69) is 16.8 Å². The number of likely N-dealkylation sites (tertiary alicyclic amines) is 1. The summed E-state index contributed by atoms with van der Waals surface area (Å²) in [6, 6.07) is 0.513. The van der Waals surface area contributed by atoms with Gasteiger partial charge in [-0.15, -0.1) is 0 Å². The largest absolute Gasteiger partial charge is 0.342 e. The highest BCUT2D eigenvalue weighted by Crippen LogP contribution is 2.28. The zero-order valence-corrected chi connectivity index (χ0v) is 13.0. The molecule has 2 rings (SSSR count). The molecule has 0 aromatic rings. The van der Waals surface area contributed by atoms with Crippen LogP contribution >= 0.6 is 0 Å². The molecule has 1 heterocycles. The first-order valence-electron chi connectivity index (χ1n) is 8.40. The van der Waals surface area contributed by atoms with E-state index in [9.17, 15) is 4.79 Å². The predicted molar refractivity (Wildman–Crippen MR) is 82.5 cm³/mol. The van der Waals surface area contributed by atoms with E-state index in [1.54, 1.807) is 0 Å². The first-order chi connectivity index (χ1) is 9.72. The van der Waals surface area contributed by atoms with E-state index < -0.39 is 0 Å². The lowest BCUT2D eigenvalue weighted by atomic mass is 10.0. The van der Waals surface area contributed by atoms with Crippen molar-refractivity contribution < 1.29 is 4.79 Å². The van der Waals surface area contributed by atoms with Crippen LogP contribution in [-0.2, 0) is 4.79 Å². The van der Waals surface area contributed by atoms with Crippen LogP contribution < -0.4 is 5.73 Å². The number of nitrogens with two attached hydrogens (primary N) is 1. The zero-order valence-electron chi connectivity index (χ0n) is 13.0. The van der Waals surface area contributed by atoms with Crippen LogP contribution in [0.1, 0.15) is 51.4 Å². The average molecular weight is 281 g/mol. The van der Waals surface area contributed by atoms with E-state index in [1.165, 1.54) is 51.4 Å². The lowest BCUT2D eigenvalue weighted by molar-refractivity contribution is -0.133. The van der Waals surface area contributed by atoms with Gasteiger partial charge in [-0.05, 0) is 45.2 Å². The van der Waals surface area contributed by atoms with Crippen molar-refractivity contribution >= 4 is 5.91 Å². The van der Waals surface area contributed by atoms with Gasteiger partial charge in [0.05, 0.1) is 6.54 Å². The number of likely N-dealkylation sites (N-methyl/N-ethyl adjacent to an activating group) is 1. The summed E-state index contributed by atoms with van der Waals surface area (Å²) in [7, 11) is 2.10. The maximum atomic E-state index is 12.5. The van der Waals surface area contributed by atoms with Gasteiger partial charge in [-0.25, -0.2) is 0 Å². The van der Waals surface area contributed by atoms with Gasteiger partial charge in [0.1, 0.15) is 0 Å². The van der Waals surface area contributed by atoms with Gasteiger partial charge in [0.25, 0.3) is 0 Å². The van der Waals surface area contributed by atoms with Crippen molar-refractivity contribution in [2.45, 2.75) is 57.4 Å². The summed E-state index contributed by atoms with van der Waals surface area (Å²) >= 11 is 0. The number of rotatable bonds is 4. The van der Waals surface area contributed by atoms with Crippen molar-refractivity contribution in [1.29, 1.82) is 0 Å². The summed E-state index contributed by atoms with van der Waals surface area (Å²) in [5.41, 5.74) is 5.85. The van der Waals surface area contributed by atoms with Crippen LogP contribution in [0.5, 0.6) is 0 Å². The molecule has 4 heteroatoms. The summed E-state index contributed by atoms with van der Waals surface area (Å²) in [6.45, 7) is 3.24. The highest BCUT2D eigenvalue weighted by atomic mass is 16.2. The summed E-state index contributed by atoms with van der Waals surface area (Å²) in [6.07, 6.45) is 9.91. The molecule has 0 radical (unpaired) electrons. The molecule has 2 N–H and O–H groups in total. The van der Waals surface area contributed by atoms with E-state index in [0.717, 1.165) is 19.6 Å². The molecule has 1 aliphatic heterocycles. The van der Waals surface area contributed by atoms with Crippen molar-refractivity contribution in [3.8, 4) is 0 Å². The second-order valence-electron chi connectivity index (χ2n) is 6.56. The molecule has 1 saturated heterocycles. The normalized spacial score (nSPS) is 28.4. The lowest BCUT2D eigenvalue weighted by Gasteiger charge is -2.31. The molecule has 116 valence electrons. The van der Waals surface area contributed by atoms with Crippen LogP contribution in [0.15, 0.2) is 0 Å². The number of carbonyl (C=O) groups excluding carboxylic acids is 1. The summed E-state index contributed by atoms with van der Waals surface area (Å²) in [5, 5.41) is 0. The fraction of sp³-hybridized carbons (Fsp3) is 0.938. The van der Waals surface area contributed by atoms with Gasteiger partial charge >= 0.3 is 0 Å². The Labute approximate surface area is 123 Å². The molecule has 2 fully saturated rings. The number of nitrogens with zero attached hydrogens (tertiary/aromatic N) is 2. The van der Waals surface area contributed by atoms with Gasteiger partial charge in [-0.3, -0.25) is 9.69 Å². The second-order valence-corrected chi connectivity index (χ2v) is 6.56. The standard InChI is InChI=1S/C16H31N3O/c1-18(15-9-7-8-14(15)12-17)13-16(20)19-10-5-3-2-4-6-11-19/h14-15H,2-13,17H2,1H3. The molecule has 0 aromatic carbocycles. The Hall–Kier alpha value is -0.610. The van der Waals surface area contributed by atoms with Crippen LogP contribution in [0, 0.1) is 5.92 Å². The maximum Gasteiger partial charge on any atom is 0.236 e.